The number of nitrogens with one attached hydrogen (secondary N) is 2. The highest BCUT2D eigenvalue weighted by Gasteiger charge is 2.05. The standard InChI is InChI=1S/C20H25F2N3O2/c1-23-20(24-10-9-15-7-8-16(21)13-19(15)22)25-17-5-3-6-18(14-17)27-12-4-11-26-2/h3,5-8,13-14H,4,9-12H2,1-2H3,(H2,23,24,25). The van der Waals surface area contributed by atoms with Gasteiger partial charge in [0, 0.05) is 51.6 Å². The molecule has 0 saturated carbocycles. The summed E-state index contributed by atoms with van der Waals surface area (Å²) >= 11 is 0. The van der Waals surface area contributed by atoms with Gasteiger partial charge < -0.3 is 20.1 Å². The molecular weight excluding hydrogens is 352 g/mol. The van der Waals surface area contributed by atoms with Crippen molar-refractivity contribution >= 4 is 11.6 Å². The van der Waals surface area contributed by atoms with Crippen molar-refractivity contribution in [3.05, 3.63) is 59.7 Å². The van der Waals surface area contributed by atoms with Crippen molar-refractivity contribution in [3.63, 3.8) is 0 Å². The number of rotatable bonds is 9. The maximum atomic E-state index is 13.7. The zero-order chi connectivity index (χ0) is 19.5. The molecular formula is C20H25F2N3O2. The molecule has 0 spiro atoms. The molecule has 0 heterocycles. The summed E-state index contributed by atoms with van der Waals surface area (Å²) in [7, 11) is 3.31. The molecule has 0 aromatic heterocycles. The van der Waals surface area contributed by atoms with Gasteiger partial charge in [-0.15, -0.1) is 0 Å². The van der Waals surface area contributed by atoms with Crippen LogP contribution in [0.4, 0.5) is 14.5 Å². The van der Waals surface area contributed by atoms with Crippen LogP contribution in [0.5, 0.6) is 5.75 Å². The number of benzene rings is 2. The molecule has 0 saturated heterocycles. The summed E-state index contributed by atoms with van der Waals surface area (Å²) in [6.07, 6.45) is 1.23. The second kappa shape index (κ2) is 11.1. The number of ether oxygens (including phenoxy) is 2. The summed E-state index contributed by atoms with van der Waals surface area (Å²) in [4.78, 5) is 4.15. The summed E-state index contributed by atoms with van der Waals surface area (Å²) in [5.41, 5.74) is 1.27. The minimum Gasteiger partial charge on any atom is -0.493 e. The Morgan fingerprint density at radius 3 is 2.70 bits per heavy atom. The van der Waals surface area contributed by atoms with E-state index in [-0.39, 0.29) is 0 Å². The number of methoxy groups -OCH3 is 1. The minimum absolute atomic E-state index is 0.412. The molecule has 0 amide bonds. The zero-order valence-corrected chi connectivity index (χ0v) is 15.6. The van der Waals surface area contributed by atoms with E-state index >= 15 is 0 Å². The molecule has 5 nitrogen and oxygen atoms in total. The fourth-order valence-corrected chi connectivity index (χ4v) is 2.41. The number of guanidine groups is 1. The lowest BCUT2D eigenvalue weighted by Crippen LogP contribution is -2.32. The Morgan fingerprint density at radius 1 is 1.11 bits per heavy atom. The molecule has 2 aromatic rings. The van der Waals surface area contributed by atoms with E-state index in [4.69, 9.17) is 9.47 Å². The van der Waals surface area contributed by atoms with E-state index in [1.807, 2.05) is 24.3 Å². The lowest BCUT2D eigenvalue weighted by molar-refractivity contribution is 0.172. The lowest BCUT2D eigenvalue weighted by atomic mass is 10.1. The van der Waals surface area contributed by atoms with Gasteiger partial charge in [0.05, 0.1) is 6.61 Å². The van der Waals surface area contributed by atoms with E-state index in [1.165, 1.54) is 12.1 Å². The molecule has 0 bridgehead atoms. The fraction of sp³-hybridized carbons (Fsp3) is 0.350. The SMILES string of the molecule is CN=C(NCCc1ccc(F)cc1F)Nc1cccc(OCCCOC)c1. The number of hydrogen-bond acceptors (Lipinski definition) is 3. The number of nitrogens with zero attached hydrogens (tertiary/aromatic N) is 1. The molecule has 0 atom stereocenters. The van der Waals surface area contributed by atoms with Crippen molar-refractivity contribution in [1.82, 2.24) is 5.32 Å². The molecule has 0 unspecified atom stereocenters. The zero-order valence-electron chi connectivity index (χ0n) is 15.6. The third-order valence-corrected chi connectivity index (χ3v) is 3.78. The molecule has 0 aliphatic heterocycles. The molecule has 2 aromatic carbocycles. The van der Waals surface area contributed by atoms with E-state index in [0.29, 0.717) is 37.7 Å². The van der Waals surface area contributed by atoms with E-state index in [0.717, 1.165) is 23.9 Å². The van der Waals surface area contributed by atoms with Crippen LogP contribution in [0.25, 0.3) is 0 Å². The van der Waals surface area contributed by atoms with E-state index in [9.17, 15) is 8.78 Å². The van der Waals surface area contributed by atoms with Crippen molar-refractivity contribution in [1.29, 1.82) is 0 Å². The van der Waals surface area contributed by atoms with Crippen LogP contribution in [-0.4, -0.2) is 39.9 Å². The maximum Gasteiger partial charge on any atom is 0.195 e. The van der Waals surface area contributed by atoms with E-state index < -0.39 is 11.6 Å². The first kappa shape index (κ1) is 20.6. The van der Waals surface area contributed by atoms with Gasteiger partial charge in [-0.1, -0.05) is 12.1 Å². The minimum atomic E-state index is -0.578. The van der Waals surface area contributed by atoms with Crippen molar-refractivity contribution in [2.24, 2.45) is 4.99 Å². The Labute approximate surface area is 158 Å². The van der Waals surface area contributed by atoms with Crippen LogP contribution >= 0.6 is 0 Å². The Morgan fingerprint density at radius 2 is 1.96 bits per heavy atom. The highest BCUT2D eigenvalue weighted by Crippen LogP contribution is 2.17. The van der Waals surface area contributed by atoms with E-state index in [2.05, 4.69) is 15.6 Å². The van der Waals surface area contributed by atoms with Crippen molar-refractivity contribution < 1.29 is 18.3 Å². The van der Waals surface area contributed by atoms with Crippen LogP contribution in [0.1, 0.15) is 12.0 Å². The monoisotopic (exact) mass is 377 g/mol. The number of hydrogen-bond donors (Lipinski definition) is 2. The van der Waals surface area contributed by atoms with Gasteiger partial charge >= 0.3 is 0 Å². The summed E-state index contributed by atoms with van der Waals surface area (Å²) in [5, 5.41) is 6.27. The predicted molar refractivity (Wildman–Crippen MR) is 103 cm³/mol. The van der Waals surface area contributed by atoms with Crippen molar-refractivity contribution in [3.8, 4) is 5.75 Å². The molecule has 0 radical (unpaired) electrons. The quantitative estimate of drug-likeness (QED) is 0.398. The summed E-state index contributed by atoms with van der Waals surface area (Å²) in [6, 6.07) is 11.1. The summed E-state index contributed by atoms with van der Waals surface area (Å²) in [6.45, 7) is 1.69. The van der Waals surface area contributed by atoms with Gasteiger partial charge in [0.25, 0.3) is 0 Å². The maximum absolute atomic E-state index is 13.7. The van der Waals surface area contributed by atoms with Crippen molar-refractivity contribution in [2.45, 2.75) is 12.8 Å². The van der Waals surface area contributed by atoms with Gasteiger partial charge in [-0.2, -0.15) is 0 Å². The largest absolute Gasteiger partial charge is 0.493 e. The summed E-state index contributed by atoms with van der Waals surface area (Å²) in [5.74, 6) is 0.179. The van der Waals surface area contributed by atoms with Crippen LogP contribution in [0.2, 0.25) is 0 Å². The van der Waals surface area contributed by atoms with E-state index in [1.54, 1.807) is 14.2 Å². The average Bonchev–Trinajstić information content (AvgIpc) is 2.66. The molecule has 7 heteroatoms. The Bertz CT molecular complexity index is 754. The molecule has 2 rings (SSSR count). The first-order valence-corrected chi connectivity index (χ1v) is 8.76. The number of anilines is 1. The van der Waals surface area contributed by atoms with Gasteiger partial charge in [-0.3, -0.25) is 4.99 Å². The van der Waals surface area contributed by atoms with Crippen molar-refractivity contribution in [2.75, 3.05) is 39.2 Å². The highest BCUT2D eigenvalue weighted by molar-refractivity contribution is 5.93. The van der Waals surface area contributed by atoms with Crippen LogP contribution < -0.4 is 15.4 Å². The number of halogens is 2. The first-order valence-electron chi connectivity index (χ1n) is 8.76. The van der Waals surface area contributed by atoms with Gasteiger partial charge in [0.15, 0.2) is 5.96 Å². The molecule has 146 valence electrons. The molecule has 2 N–H and O–H groups in total. The first-order chi connectivity index (χ1) is 13.1. The van der Waals surface area contributed by atoms with Gasteiger partial charge in [0.1, 0.15) is 17.4 Å². The van der Waals surface area contributed by atoms with Crippen LogP contribution in [0.3, 0.4) is 0 Å². The topological polar surface area (TPSA) is 54.9 Å². The molecule has 0 fully saturated rings. The Kier molecular flexibility index (Phi) is 8.51. The Balaban J connectivity index is 1.84. The van der Waals surface area contributed by atoms with Gasteiger partial charge in [-0.05, 0) is 30.2 Å². The normalized spacial score (nSPS) is 11.3. The smallest absolute Gasteiger partial charge is 0.195 e. The van der Waals surface area contributed by atoms with Gasteiger partial charge in [-0.25, -0.2) is 8.78 Å². The lowest BCUT2D eigenvalue weighted by Gasteiger charge is -2.13. The number of aliphatic imine (C=N–C) groups is 1. The molecule has 0 aliphatic carbocycles. The van der Waals surface area contributed by atoms with Crippen LogP contribution in [-0.2, 0) is 11.2 Å². The third kappa shape index (κ3) is 7.22. The van der Waals surface area contributed by atoms with Crippen LogP contribution in [0, 0.1) is 11.6 Å². The Hall–Kier alpha value is -2.67. The fourth-order valence-electron chi connectivity index (χ4n) is 2.41. The third-order valence-electron chi connectivity index (χ3n) is 3.78. The molecule has 27 heavy (non-hydrogen) atoms. The molecule has 0 aliphatic rings. The summed E-state index contributed by atoms with van der Waals surface area (Å²) < 4.78 is 37.3. The van der Waals surface area contributed by atoms with Gasteiger partial charge in [0.2, 0.25) is 0 Å². The second-order valence-electron chi connectivity index (χ2n) is 5.83. The van der Waals surface area contributed by atoms with Crippen LogP contribution in [0.15, 0.2) is 47.5 Å². The average molecular weight is 377 g/mol. The second-order valence-corrected chi connectivity index (χ2v) is 5.83. The highest BCUT2D eigenvalue weighted by atomic mass is 19.1. The predicted octanol–water partition coefficient (Wildman–Crippen LogP) is 3.61.